The number of rotatable bonds is 8. The molecule has 1 fully saturated rings. The van der Waals surface area contributed by atoms with Crippen LogP contribution in [0.4, 0.5) is 0 Å². The molecule has 0 N–H and O–H groups in total. The van der Waals surface area contributed by atoms with Crippen LogP contribution in [-0.4, -0.2) is 18.4 Å². The summed E-state index contributed by atoms with van der Waals surface area (Å²) in [5, 5.41) is 0. The van der Waals surface area contributed by atoms with Crippen molar-refractivity contribution in [2.75, 3.05) is 6.61 Å². The molecule has 1 aromatic rings. The summed E-state index contributed by atoms with van der Waals surface area (Å²) in [5.41, 5.74) is 3.01. The Morgan fingerprint density at radius 2 is 2.00 bits per heavy atom. The summed E-state index contributed by atoms with van der Waals surface area (Å²) in [5.74, 6) is 1.65. The number of hydrogen-bond acceptors (Lipinski definition) is 3. The van der Waals surface area contributed by atoms with Crippen molar-refractivity contribution in [3.63, 3.8) is 0 Å². The van der Waals surface area contributed by atoms with Crippen molar-refractivity contribution in [3.8, 4) is 0 Å². The summed E-state index contributed by atoms with van der Waals surface area (Å²) in [6.45, 7) is 8.21. The third kappa shape index (κ3) is 4.92. The fourth-order valence-corrected chi connectivity index (χ4v) is 3.42. The molecule has 126 valence electrons. The average Bonchev–Trinajstić information content (AvgIpc) is 3.31. The zero-order valence-corrected chi connectivity index (χ0v) is 14.7. The highest BCUT2D eigenvalue weighted by atomic mass is 16.5. The highest BCUT2D eigenvalue weighted by Crippen LogP contribution is 2.43. The first-order chi connectivity index (χ1) is 10.9. The van der Waals surface area contributed by atoms with Gasteiger partial charge in [0.05, 0.1) is 12.2 Å². The van der Waals surface area contributed by atoms with Gasteiger partial charge in [-0.3, -0.25) is 0 Å². The standard InChI is InChI=1S/C20H28O3/c1-5-23-20(22)17-7-6-13(2)18(12-17)10-14(3)19(11-15(4)21)16-8-9-16/h6-7,12,14,16,19H,5,8-11H2,1-4H3/t14?,19-/m1/s1. The molecule has 1 saturated carbocycles. The summed E-state index contributed by atoms with van der Waals surface area (Å²) < 4.78 is 5.09. The predicted molar refractivity (Wildman–Crippen MR) is 91.5 cm³/mol. The molecule has 1 unspecified atom stereocenters. The molecule has 0 bridgehead atoms. The van der Waals surface area contributed by atoms with Crippen LogP contribution in [0.25, 0.3) is 0 Å². The third-order valence-electron chi connectivity index (χ3n) is 4.88. The Hall–Kier alpha value is -1.64. The van der Waals surface area contributed by atoms with E-state index in [-0.39, 0.29) is 11.8 Å². The van der Waals surface area contributed by atoms with Gasteiger partial charge in [0.1, 0.15) is 5.78 Å². The van der Waals surface area contributed by atoms with Gasteiger partial charge in [-0.2, -0.15) is 0 Å². The van der Waals surface area contributed by atoms with Crippen molar-refractivity contribution >= 4 is 11.8 Å². The van der Waals surface area contributed by atoms with E-state index in [0.29, 0.717) is 36.3 Å². The van der Waals surface area contributed by atoms with Crippen molar-refractivity contribution in [2.45, 2.75) is 53.4 Å². The van der Waals surface area contributed by atoms with Gasteiger partial charge in [0.25, 0.3) is 0 Å². The number of carbonyl (C=O) groups is 2. The lowest BCUT2D eigenvalue weighted by Crippen LogP contribution is -2.20. The Balaban J connectivity index is 2.12. The number of ketones is 1. The molecule has 0 radical (unpaired) electrons. The number of benzene rings is 1. The van der Waals surface area contributed by atoms with Gasteiger partial charge >= 0.3 is 5.97 Å². The summed E-state index contributed by atoms with van der Waals surface area (Å²) >= 11 is 0. The highest BCUT2D eigenvalue weighted by Gasteiger charge is 2.35. The van der Waals surface area contributed by atoms with E-state index in [1.165, 1.54) is 24.0 Å². The number of Topliss-reactive ketones (excluding diaryl/α,β-unsaturated/α-hetero) is 1. The molecule has 23 heavy (non-hydrogen) atoms. The number of hydrogen-bond donors (Lipinski definition) is 0. The molecular formula is C20H28O3. The van der Waals surface area contributed by atoms with Crippen molar-refractivity contribution in [3.05, 3.63) is 34.9 Å². The smallest absolute Gasteiger partial charge is 0.338 e. The lowest BCUT2D eigenvalue weighted by molar-refractivity contribution is -0.118. The molecule has 0 heterocycles. The van der Waals surface area contributed by atoms with Crippen LogP contribution < -0.4 is 0 Å². The number of aryl methyl sites for hydroxylation is 1. The van der Waals surface area contributed by atoms with E-state index in [9.17, 15) is 9.59 Å². The Morgan fingerprint density at radius 1 is 1.30 bits per heavy atom. The zero-order valence-electron chi connectivity index (χ0n) is 14.7. The number of esters is 1. The molecule has 0 aromatic heterocycles. The Kier molecular flexibility index (Phi) is 5.97. The van der Waals surface area contributed by atoms with Gasteiger partial charge < -0.3 is 9.53 Å². The topological polar surface area (TPSA) is 43.4 Å². The first kappa shape index (κ1) is 17.7. The number of carbonyl (C=O) groups excluding carboxylic acids is 2. The van der Waals surface area contributed by atoms with Gasteiger partial charge in [-0.25, -0.2) is 4.79 Å². The highest BCUT2D eigenvalue weighted by molar-refractivity contribution is 5.89. The van der Waals surface area contributed by atoms with Crippen LogP contribution in [0.5, 0.6) is 0 Å². The molecule has 1 aliphatic carbocycles. The van der Waals surface area contributed by atoms with E-state index < -0.39 is 0 Å². The van der Waals surface area contributed by atoms with Gasteiger partial charge in [-0.05, 0) is 81.0 Å². The second-order valence-electron chi connectivity index (χ2n) is 6.95. The second-order valence-corrected chi connectivity index (χ2v) is 6.95. The molecule has 2 rings (SSSR count). The lowest BCUT2D eigenvalue weighted by Gasteiger charge is -2.24. The Morgan fingerprint density at radius 3 is 2.57 bits per heavy atom. The zero-order chi connectivity index (χ0) is 17.0. The molecule has 2 atom stereocenters. The molecule has 3 heteroatoms. The van der Waals surface area contributed by atoms with Crippen molar-refractivity contribution < 1.29 is 14.3 Å². The van der Waals surface area contributed by atoms with Crippen LogP contribution >= 0.6 is 0 Å². The minimum atomic E-state index is -0.260. The molecule has 1 aromatic carbocycles. The van der Waals surface area contributed by atoms with Crippen LogP contribution in [0.1, 0.15) is 61.5 Å². The minimum Gasteiger partial charge on any atom is -0.462 e. The molecule has 0 amide bonds. The van der Waals surface area contributed by atoms with Crippen LogP contribution in [0.3, 0.4) is 0 Å². The maximum absolute atomic E-state index is 11.9. The van der Waals surface area contributed by atoms with Crippen LogP contribution in [-0.2, 0) is 16.0 Å². The van der Waals surface area contributed by atoms with Crippen LogP contribution in [0.2, 0.25) is 0 Å². The summed E-state index contributed by atoms with van der Waals surface area (Å²) in [6, 6.07) is 5.78. The molecule has 1 aliphatic rings. The second kappa shape index (κ2) is 7.76. The SMILES string of the molecule is CCOC(=O)c1ccc(C)c(CC(C)[C@@H](CC(C)=O)C2CC2)c1. The third-order valence-corrected chi connectivity index (χ3v) is 4.88. The fraction of sp³-hybridized carbons (Fsp3) is 0.600. The Labute approximate surface area is 139 Å². The molecule has 0 saturated heterocycles. The number of ether oxygens (including phenoxy) is 1. The van der Waals surface area contributed by atoms with E-state index in [4.69, 9.17) is 4.74 Å². The quantitative estimate of drug-likeness (QED) is 0.669. The van der Waals surface area contributed by atoms with E-state index in [1.807, 2.05) is 25.1 Å². The molecule has 0 aliphatic heterocycles. The maximum atomic E-state index is 11.9. The first-order valence-electron chi connectivity index (χ1n) is 8.68. The summed E-state index contributed by atoms with van der Waals surface area (Å²) in [7, 11) is 0. The van der Waals surface area contributed by atoms with E-state index in [0.717, 1.165) is 6.42 Å². The summed E-state index contributed by atoms with van der Waals surface area (Å²) in [6.07, 6.45) is 4.10. The van der Waals surface area contributed by atoms with Crippen molar-refractivity contribution in [2.24, 2.45) is 17.8 Å². The van der Waals surface area contributed by atoms with Gasteiger partial charge in [-0.15, -0.1) is 0 Å². The van der Waals surface area contributed by atoms with E-state index in [2.05, 4.69) is 13.8 Å². The molecule has 3 nitrogen and oxygen atoms in total. The van der Waals surface area contributed by atoms with E-state index >= 15 is 0 Å². The largest absolute Gasteiger partial charge is 0.462 e. The lowest BCUT2D eigenvalue weighted by atomic mass is 9.81. The fourth-order valence-electron chi connectivity index (χ4n) is 3.42. The van der Waals surface area contributed by atoms with Gasteiger partial charge in [0, 0.05) is 6.42 Å². The van der Waals surface area contributed by atoms with Gasteiger partial charge in [-0.1, -0.05) is 13.0 Å². The van der Waals surface area contributed by atoms with Gasteiger partial charge in [0.2, 0.25) is 0 Å². The van der Waals surface area contributed by atoms with Crippen LogP contribution in [0.15, 0.2) is 18.2 Å². The Bertz CT molecular complexity index is 572. The normalized spacial score (nSPS) is 16.7. The summed E-state index contributed by atoms with van der Waals surface area (Å²) in [4.78, 5) is 23.5. The van der Waals surface area contributed by atoms with Crippen molar-refractivity contribution in [1.29, 1.82) is 0 Å². The van der Waals surface area contributed by atoms with E-state index in [1.54, 1.807) is 6.92 Å². The maximum Gasteiger partial charge on any atom is 0.338 e. The molecular weight excluding hydrogens is 288 g/mol. The predicted octanol–water partition coefficient (Wildman–Crippen LogP) is 4.36. The van der Waals surface area contributed by atoms with Gasteiger partial charge in [0.15, 0.2) is 0 Å². The molecule has 0 spiro atoms. The van der Waals surface area contributed by atoms with Crippen molar-refractivity contribution in [1.82, 2.24) is 0 Å². The minimum absolute atomic E-state index is 0.260. The average molecular weight is 316 g/mol. The monoisotopic (exact) mass is 316 g/mol. The van der Waals surface area contributed by atoms with Crippen LogP contribution in [0, 0.1) is 24.7 Å². The first-order valence-corrected chi connectivity index (χ1v) is 8.68.